The largest absolute Gasteiger partial charge is 0.490 e. The van der Waals surface area contributed by atoms with Crippen LogP contribution in [0.25, 0.3) is 0 Å². The normalized spacial score (nSPS) is 23.2. The molecule has 1 aliphatic heterocycles. The second kappa shape index (κ2) is 7.09. The van der Waals surface area contributed by atoms with Gasteiger partial charge < -0.3 is 20.3 Å². The van der Waals surface area contributed by atoms with E-state index in [1.807, 2.05) is 0 Å². The standard InChI is InChI=1S/C19H20F3N5O2/c1-8-16-17(27(3)9(2)18(28)25-16)26-19(23-8)24-10-4-11(5-10)29-12-6-13(20)15(22)14(21)7-12/h6-7,9-11H,4-5H2,1-3H3,(H,25,28)(H,23,24,26)/t9-,10-,11+/m0/s1. The summed E-state index contributed by atoms with van der Waals surface area (Å²) in [6.07, 6.45) is 0.893. The second-order valence-corrected chi connectivity index (χ2v) is 7.36. The molecule has 0 saturated heterocycles. The van der Waals surface area contributed by atoms with Crippen LogP contribution in [-0.2, 0) is 4.79 Å². The lowest BCUT2D eigenvalue weighted by Crippen LogP contribution is -2.45. The van der Waals surface area contributed by atoms with Crippen molar-refractivity contribution < 1.29 is 22.7 Å². The molecule has 1 aromatic carbocycles. The Morgan fingerprint density at radius 1 is 1.21 bits per heavy atom. The summed E-state index contributed by atoms with van der Waals surface area (Å²) in [5.74, 6) is -3.16. The Labute approximate surface area is 165 Å². The zero-order valence-electron chi connectivity index (χ0n) is 16.1. The number of amides is 1. The second-order valence-electron chi connectivity index (χ2n) is 7.36. The molecule has 0 unspecified atom stereocenters. The van der Waals surface area contributed by atoms with Crippen molar-refractivity contribution in [2.24, 2.45) is 0 Å². The molecule has 2 aliphatic rings. The summed E-state index contributed by atoms with van der Waals surface area (Å²) in [5, 5.41) is 6.04. The fourth-order valence-electron chi connectivity index (χ4n) is 3.37. The van der Waals surface area contributed by atoms with Crippen LogP contribution in [-0.4, -0.2) is 41.1 Å². The van der Waals surface area contributed by atoms with E-state index in [4.69, 9.17) is 4.74 Å². The van der Waals surface area contributed by atoms with E-state index in [0.717, 1.165) is 12.1 Å². The fourth-order valence-corrected chi connectivity index (χ4v) is 3.37. The Bertz CT molecular complexity index is 958. The number of benzene rings is 1. The van der Waals surface area contributed by atoms with Gasteiger partial charge in [-0.05, 0) is 13.8 Å². The smallest absolute Gasteiger partial charge is 0.246 e. The van der Waals surface area contributed by atoms with Crippen LogP contribution in [0.2, 0.25) is 0 Å². The number of anilines is 3. The predicted molar refractivity (Wildman–Crippen MR) is 101 cm³/mol. The van der Waals surface area contributed by atoms with Crippen molar-refractivity contribution in [2.75, 3.05) is 22.6 Å². The minimum Gasteiger partial charge on any atom is -0.490 e. The highest BCUT2D eigenvalue weighted by molar-refractivity contribution is 6.03. The Hall–Kier alpha value is -3.04. The maximum atomic E-state index is 13.3. The first-order chi connectivity index (χ1) is 13.7. The predicted octanol–water partition coefficient (Wildman–Crippen LogP) is 3.00. The lowest BCUT2D eigenvalue weighted by Gasteiger charge is -2.36. The molecule has 0 bridgehead atoms. The van der Waals surface area contributed by atoms with Crippen molar-refractivity contribution in [3.8, 4) is 5.75 Å². The number of nitrogens with zero attached hydrogens (tertiary/aromatic N) is 3. The van der Waals surface area contributed by atoms with Crippen molar-refractivity contribution in [1.29, 1.82) is 0 Å². The molecule has 29 heavy (non-hydrogen) atoms. The van der Waals surface area contributed by atoms with Gasteiger partial charge in [-0.2, -0.15) is 4.98 Å². The number of ether oxygens (including phenoxy) is 1. The van der Waals surface area contributed by atoms with Crippen LogP contribution in [0.15, 0.2) is 12.1 Å². The number of nitrogens with one attached hydrogen (secondary N) is 2. The van der Waals surface area contributed by atoms with Crippen LogP contribution in [0, 0.1) is 24.4 Å². The van der Waals surface area contributed by atoms with Gasteiger partial charge in [-0.15, -0.1) is 0 Å². The third-order valence-electron chi connectivity index (χ3n) is 5.30. The highest BCUT2D eigenvalue weighted by atomic mass is 19.2. The number of hydrogen-bond acceptors (Lipinski definition) is 6. The molecule has 154 valence electrons. The molecule has 4 rings (SSSR count). The van der Waals surface area contributed by atoms with Gasteiger partial charge in [-0.25, -0.2) is 18.2 Å². The zero-order valence-corrected chi connectivity index (χ0v) is 16.1. The summed E-state index contributed by atoms with van der Waals surface area (Å²) in [7, 11) is 1.80. The van der Waals surface area contributed by atoms with Gasteiger partial charge in [0.2, 0.25) is 11.9 Å². The first-order valence-electron chi connectivity index (χ1n) is 9.23. The average Bonchev–Trinajstić information content (AvgIpc) is 2.63. The van der Waals surface area contributed by atoms with Gasteiger partial charge in [0, 0.05) is 38.1 Å². The highest BCUT2D eigenvalue weighted by Gasteiger charge is 2.34. The number of hydrogen-bond donors (Lipinski definition) is 2. The molecule has 1 aromatic heterocycles. The van der Waals surface area contributed by atoms with Gasteiger partial charge in [-0.3, -0.25) is 4.79 Å². The molecule has 1 saturated carbocycles. The molecule has 2 heterocycles. The SMILES string of the molecule is Cc1nc(N[C@H]2C[C@@H](Oc3cc(F)c(F)c(F)c3)C2)nc2c1NC(=O)[C@H](C)N2C. The molecule has 0 spiro atoms. The van der Waals surface area contributed by atoms with Gasteiger partial charge in [-0.1, -0.05) is 0 Å². The maximum absolute atomic E-state index is 13.3. The molecule has 7 nitrogen and oxygen atoms in total. The number of likely N-dealkylation sites (N-methyl/N-ethyl adjacent to an activating group) is 1. The van der Waals surface area contributed by atoms with Crippen LogP contribution in [0.5, 0.6) is 5.75 Å². The zero-order chi connectivity index (χ0) is 20.9. The molecule has 1 atom stereocenters. The molecule has 10 heteroatoms. The number of fused-ring (bicyclic) bond motifs is 1. The summed E-state index contributed by atoms with van der Waals surface area (Å²) < 4.78 is 45.1. The van der Waals surface area contributed by atoms with Gasteiger partial charge in [0.25, 0.3) is 0 Å². The summed E-state index contributed by atoms with van der Waals surface area (Å²) in [6.45, 7) is 3.58. The van der Waals surface area contributed by atoms with E-state index < -0.39 is 17.5 Å². The number of aromatic nitrogens is 2. The summed E-state index contributed by atoms with van der Waals surface area (Å²) in [6, 6.07) is 1.34. The first-order valence-corrected chi connectivity index (χ1v) is 9.23. The van der Waals surface area contributed by atoms with Crippen molar-refractivity contribution >= 4 is 23.4 Å². The van der Waals surface area contributed by atoms with E-state index >= 15 is 0 Å². The Morgan fingerprint density at radius 2 is 1.86 bits per heavy atom. The quantitative estimate of drug-likeness (QED) is 0.759. The average molecular weight is 407 g/mol. The summed E-state index contributed by atoms with van der Waals surface area (Å²) in [5.41, 5.74) is 1.24. The molecular weight excluding hydrogens is 387 g/mol. The number of aryl methyl sites for hydroxylation is 1. The topological polar surface area (TPSA) is 79.4 Å². The Balaban J connectivity index is 1.40. The Kier molecular flexibility index (Phi) is 4.71. The van der Waals surface area contributed by atoms with Crippen LogP contribution in [0.4, 0.5) is 30.6 Å². The number of rotatable bonds is 4. The highest BCUT2D eigenvalue weighted by Crippen LogP contribution is 2.34. The number of carbonyl (C=O) groups excluding carboxylic acids is 1. The first kappa shape index (κ1) is 19.3. The van der Waals surface area contributed by atoms with Crippen molar-refractivity contribution in [3.63, 3.8) is 0 Å². The maximum Gasteiger partial charge on any atom is 0.246 e. The third kappa shape index (κ3) is 3.54. The van der Waals surface area contributed by atoms with Gasteiger partial charge in [0.1, 0.15) is 23.6 Å². The van der Waals surface area contributed by atoms with Crippen molar-refractivity contribution in [2.45, 2.75) is 44.9 Å². The molecule has 2 aromatic rings. The van der Waals surface area contributed by atoms with Crippen molar-refractivity contribution in [3.05, 3.63) is 35.3 Å². The minimum atomic E-state index is -1.51. The molecule has 1 fully saturated rings. The van der Waals surface area contributed by atoms with Gasteiger partial charge in [0.05, 0.1) is 5.69 Å². The summed E-state index contributed by atoms with van der Waals surface area (Å²) >= 11 is 0. The number of carbonyl (C=O) groups is 1. The van der Waals surface area contributed by atoms with E-state index in [-0.39, 0.29) is 29.8 Å². The van der Waals surface area contributed by atoms with E-state index in [1.165, 1.54) is 0 Å². The van der Waals surface area contributed by atoms with E-state index in [0.29, 0.717) is 36.0 Å². The third-order valence-corrected chi connectivity index (χ3v) is 5.30. The molecule has 1 aliphatic carbocycles. The lowest BCUT2D eigenvalue weighted by molar-refractivity contribution is -0.117. The van der Waals surface area contributed by atoms with E-state index in [2.05, 4.69) is 20.6 Å². The van der Waals surface area contributed by atoms with Gasteiger partial charge in [0.15, 0.2) is 23.3 Å². The molecule has 2 N–H and O–H groups in total. The van der Waals surface area contributed by atoms with Crippen LogP contribution >= 0.6 is 0 Å². The lowest BCUT2D eigenvalue weighted by atomic mass is 9.89. The minimum absolute atomic E-state index is 0.0218. The van der Waals surface area contributed by atoms with E-state index in [9.17, 15) is 18.0 Å². The van der Waals surface area contributed by atoms with Crippen LogP contribution < -0.4 is 20.3 Å². The van der Waals surface area contributed by atoms with Crippen LogP contribution in [0.1, 0.15) is 25.5 Å². The Morgan fingerprint density at radius 3 is 2.52 bits per heavy atom. The molecule has 0 radical (unpaired) electrons. The van der Waals surface area contributed by atoms with Crippen molar-refractivity contribution in [1.82, 2.24) is 9.97 Å². The monoisotopic (exact) mass is 407 g/mol. The summed E-state index contributed by atoms with van der Waals surface area (Å²) in [4.78, 5) is 22.7. The number of halogens is 3. The molecule has 1 amide bonds. The fraction of sp³-hybridized carbons (Fsp3) is 0.421. The van der Waals surface area contributed by atoms with E-state index in [1.54, 1.807) is 25.8 Å². The van der Waals surface area contributed by atoms with Crippen LogP contribution in [0.3, 0.4) is 0 Å². The van der Waals surface area contributed by atoms with Gasteiger partial charge >= 0.3 is 0 Å². The molecular formula is C19H20F3N5O2.